The first kappa shape index (κ1) is 18.6. The van der Waals surface area contributed by atoms with E-state index in [9.17, 15) is 9.59 Å². The van der Waals surface area contributed by atoms with Crippen LogP contribution in [0.4, 0.5) is 5.69 Å². The third-order valence-electron chi connectivity index (χ3n) is 3.20. The molecule has 0 unspecified atom stereocenters. The van der Waals surface area contributed by atoms with Gasteiger partial charge in [0.05, 0.1) is 24.4 Å². The highest BCUT2D eigenvalue weighted by Crippen LogP contribution is 2.36. The standard InChI is InChI=1S/C18H18ClNO5/c1-3-24-16-9-12(10-21)8-13(19)18(16)25-11-17(22)20-14-6-4-5-7-15(14)23-2/h4-10H,3,11H2,1-2H3,(H,20,22). The van der Waals surface area contributed by atoms with Crippen LogP contribution in [0, 0.1) is 0 Å². The number of aldehydes is 1. The molecular formula is C18H18ClNO5. The highest BCUT2D eigenvalue weighted by Gasteiger charge is 2.15. The number of hydrogen-bond acceptors (Lipinski definition) is 5. The Morgan fingerprint density at radius 2 is 1.96 bits per heavy atom. The van der Waals surface area contributed by atoms with E-state index in [0.29, 0.717) is 35.6 Å². The quantitative estimate of drug-likeness (QED) is 0.726. The van der Waals surface area contributed by atoms with Crippen LogP contribution in [-0.2, 0) is 4.79 Å². The lowest BCUT2D eigenvalue weighted by atomic mass is 10.2. The Morgan fingerprint density at radius 1 is 1.20 bits per heavy atom. The van der Waals surface area contributed by atoms with Gasteiger partial charge < -0.3 is 19.5 Å². The van der Waals surface area contributed by atoms with Crippen molar-refractivity contribution in [1.82, 2.24) is 0 Å². The molecule has 1 N–H and O–H groups in total. The summed E-state index contributed by atoms with van der Waals surface area (Å²) in [5.41, 5.74) is 0.894. The summed E-state index contributed by atoms with van der Waals surface area (Å²) in [5, 5.41) is 2.89. The third-order valence-corrected chi connectivity index (χ3v) is 3.48. The Kier molecular flexibility index (Phi) is 6.65. The average molecular weight is 364 g/mol. The number of para-hydroxylation sites is 2. The molecule has 0 heterocycles. The Bertz CT molecular complexity index is 763. The van der Waals surface area contributed by atoms with Gasteiger partial charge in [0.2, 0.25) is 0 Å². The van der Waals surface area contributed by atoms with Gasteiger partial charge in [0.15, 0.2) is 18.1 Å². The van der Waals surface area contributed by atoms with Crippen LogP contribution in [0.2, 0.25) is 5.02 Å². The number of rotatable bonds is 8. The lowest BCUT2D eigenvalue weighted by Crippen LogP contribution is -2.21. The van der Waals surface area contributed by atoms with Crippen LogP contribution in [0.1, 0.15) is 17.3 Å². The SMILES string of the molecule is CCOc1cc(C=O)cc(Cl)c1OCC(=O)Nc1ccccc1OC. The number of carbonyl (C=O) groups excluding carboxylic acids is 2. The summed E-state index contributed by atoms with van der Waals surface area (Å²) in [6, 6.07) is 9.99. The molecule has 0 aliphatic carbocycles. The van der Waals surface area contributed by atoms with Gasteiger partial charge in [0, 0.05) is 5.56 Å². The molecule has 0 saturated heterocycles. The van der Waals surface area contributed by atoms with E-state index < -0.39 is 0 Å². The minimum Gasteiger partial charge on any atom is -0.495 e. The molecule has 25 heavy (non-hydrogen) atoms. The van der Waals surface area contributed by atoms with Crippen LogP contribution < -0.4 is 19.5 Å². The summed E-state index contributed by atoms with van der Waals surface area (Å²) < 4.78 is 16.1. The van der Waals surface area contributed by atoms with E-state index in [1.54, 1.807) is 31.2 Å². The fraction of sp³-hybridized carbons (Fsp3) is 0.222. The predicted octanol–water partition coefficient (Wildman–Crippen LogP) is 3.58. The zero-order valence-corrected chi connectivity index (χ0v) is 14.6. The van der Waals surface area contributed by atoms with E-state index in [4.69, 9.17) is 25.8 Å². The number of ether oxygens (including phenoxy) is 3. The number of benzene rings is 2. The fourth-order valence-corrected chi connectivity index (χ4v) is 2.40. The minimum absolute atomic E-state index is 0.193. The first-order valence-electron chi connectivity index (χ1n) is 7.56. The maximum Gasteiger partial charge on any atom is 0.262 e. The third kappa shape index (κ3) is 4.87. The maximum atomic E-state index is 12.1. The van der Waals surface area contributed by atoms with Crippen LogP contribution >= 0.6 is 11.6 Å². The smallest absolute Gasteiger partial charge is 0.262 e. The van der Waals surface area contributed by atoms with Crippen molar-refractivity contribution < 1.29 is 23.8 Å². The summed E-state index contributed by atoms with van der Waals surface area (Å²) in [5.74, 6) is 0.674. The molecule has 0 fully saturated rings. The monoisotopic (exact) mass is 363 g/mol. The van der Waals surface area contributed by atoms with Gasteiger partial charge in [-0.15, -0.1) is 0 Å². The molecule has 0 aliphatic heterocycles. The number of halogens is 1. The molecule has 2 aromatic carbocycles. The zero-order valence-electron chi connectivity index (χ0n) is 13.9. The van der Waals surface area contributed by atoms with E-state index in [1.165, 1.54) is 19.2 Å². The summed E-state index contributed by atoms with van der Waals surface area (Å²) in [6.07, 6.45) is 0.659. The number of methoxy groups -OCH3 is 1. The molecule has 2 rings (SSSR count). The second kappa shape index (κ2) is 8.94. The average Bonchev–Trinajstić information content (AvgIpc) is 2.61. The lowest BCUT2D eigenvalue weighted by Gasteiger charge is -2.14. The molecule has 6 nitrogen and oxygen atoms in total. The van der Waals surface area contributed by atoms with Gasteiger partial charge in [-0.05, 0) is 31.2 Å². The lowest BCUT2D eigenvalue weighted by molar-refractivity contribution is -0.118. The summed E-state index contributed by atoms with van der Waals surface area (Å²) in [4.78, 5) is 23.1. The van der Waals surface area contributed by atoms with Crippen molar-refractivity contribution in [1.29, 1.82) is 0 Å². The highest BCUT2D eigenvalue weighted by molar-refractivity contribution is 6.32. The van der Waals surface area contributed by atoms with E-state index in [0.717, 1.165) is 0 Å². The first-order chi connectivity index (χ1) is 12.1. The van der Waals surface area contributed by atoms with Crippen molar-refractivity contribution in [3.63, 3.8) is 0 Å². The van der Waals surface area contributed by atoms with Crippen molar-refractivity contribution in [3.05, 3.63) is 47.0 Å². The van der Waals surface area contributed by atoms with E-state index >= 15 is 0 Å². The van der Waals surface area contributed by atoms with E-state index in [-0.39, 0.29) is 23.3 Å². The topological polar surface area (TPSA) is 73.9 Å². The van der Waals surface area contributed by atoms with E-state index in [2.05, 4.69) is 5.32 Å². The number of carbonyl (C=O) groups is 2. The summed E-state index contributed by atoms with van der Waals surface area (Å²) >= 11 is 6.12. The largest absolute Gasteiger partial charge is 0.495 e. The maximum absolute atomic E-state index is 12.1. The van der Waals surface area contributed by atoms with Gasteiger partial charge in [-0.1, -0.05) is 23.7 Å². The van der Waals surface area contributed by atoms with Crippen LogP contribution in [0.5, 0.6) is 17.2 Å². The van der Waals surface area contributed by atoms with Gasteiger partial charge in [-0.2, -0.15) is 0 Å². The molecule has 0 saturated carbocycles. The van der Waals surface area contributed by atoms with Crippen molar-refractivity contribution >= 4 is 29.5 Å². The van der Waals surface area contributed by atoms with Gasteiger partial charge in [0.25, 0.3) is 5.91 Å². The summed E-state index contributed by atoms with van der Waals surface area (Å²) in [7, 11) is 1.52. The number of amides is 1. The molecule has 1 amide bonds. The van der Waals surface area contributed by atoms with Gasteiger partial charge in [0.1, 0.15) is 12.0 Å². The Hall–Kier alpha value is -2.73. The molecule has 2 aromatic rings. The van der Waals surface area contributed by atoms with Gasteiger partial charge in [-0.3, -0.25) is 9.59 Å². The van der Waals surface area contributed by atoms with Crippen molar-refractivity contribution in [2.75, 3.05) is 25.6 Å². The van der Waals surface area contributed by atoms with Crippen LogP contribution in [0.25, 0.3) is 0 Å². The predicted molar refractivity (Wildman–Crippen MR) is 95.1 cm³/mol. The van der Waals surface area contributed by atoms with Crippen molar-refractivity contribution in [2.24, 2.45) is 0 Å². The molecule has 0 aromatic heterocycles. The van der Waals surface area contributed by atoms with Crippen LogP contribution in [-0.4, -0.2) is 32.5 Å². The second-order valence-corrected chi connectivity index (χ2v) is 5.33. The Balaban J connectivity index is 2.10. The molecule has 0 radical (unpaired) electrons. The molecule has 0 atom stereocenters. The van der Waals surface area contributed by atoms with Crippen LogP contribution in [0.3, 0.4) is 0 Å². The zero-order chi connectivity index (χ0) is 18.2. The number of anilines is 1. The minimum atomic E-state index is -0.387. The Labute approximate surface area is 150 Å². The van der Waals surface area contributed by atoms with Gasteiger partial charge >= 0.3 is 0 Å². The fourth-order valence-electron chi connectivity index (χ4n) is 2.13. The number of nitrogens with one attached hydrogen (secondary N) is 1. The van der Waals surface area contributed by atoms with Crippen molar-refractivity contribution in [2.45, 2.75) is 6.92 Å². The van der Waals surface area contributed by atoms with Crippen molar-refractivity contribution in [3.8, 4) is 17.2 Å². The molecular weight excluding hydrogens is 346 g/mol. The van der Waals surface area contributed by atoms with Gasteiger partial charge in [-0.25, -0.2) is 0 Å². The normalized spacial score (nSPS) is 10.0. The highest BCUT2D eigenvalue weighted by atomic mass is 35.5. The molecule has 0 spiro atoms. The molecule has 0 aliphatic rings. The van der Waals surface area contributed by atoms with E-state index in [1.807, 2.05) is 0 Å². The Morgan fingerprint density at radius 3 is 2.64 bits per heavy atom. The number of hydrogen-bond donors (Lipinski definition) is 1. The second-order valence-electron chi connectivity index (χ2n) is 4.92. The summed E-state index contributed by atoms with van der Waals surface area (Å²) in [6.45, 7) is 1.88. The first-order valence-corrected chi connectivity index (χ1v) is 7.94. The van der Waals surface area contributed by atoms with Crippen LogP contribution in [0.15, 0.2) is 36.4 Å². The molecule has 7 heteroatoms. The molecule has 132 valence electrons. The molecule has 0 bridgehead atoms.